The first-order chi connectivity index (χ1) is 9.65. The average molecular weight is 376 g/mol. The van der Waals surface area contributed by atoms with E-state index in [9.17, 15) is 9.18 Å². The van der Waals surface area contributed by atoms with Gasteiger partial charge >= 0.3 is 0 Å². The van der Waals surface area contributed by atoms with Crippen LogP contribution in [0.1, 0.15) is 15.9 Å². The van der Waals surface area contributed by atoms with Crippen LogP contribution in [0.4, 0.5) is 4.39 Å². The van der Waals surface area contributed by atoms with Gasteiger partial charge in [-0.25, -0.2) is 4.39 Å². The van der Waals surface area contributed by atoms with Gasteiger partial charge in [-0.1, -0.05) is 36.4 Å². The van der Waals surface area contributed by atoms with Crippen LogP contribution in [0.15, 0.2) is 60.7 Å². The molecule has 0 saturated carbocycles. The van der Waals surface area contributed by atoms with E-state index in [2.05, 4.69) is 0 Å². The minimum Gasteiger partial charge on any atom is -0.289 e. The molecule has 3 aromatic carbocycles. The lowest BCUT2D eigenvalue weighted by atomic mass is 10.00. The van der Waals surface area contributed by atoms with Crippen molar-refractivity contribution in [3.63, 3.8) is 0 Å². The van der Waals surface area contributed by atoms with Crippen molar-refractivity contribution >= 4 is 39.1 Å². The molecule has 0 atom stereocenters. The summed E-state index contributed by atoms with van der Waals surface area (Å²) in [4.78, 5) is 12.5. The third kappa shape index (κ3) is 2.45. The van der Waals surface area contributed by atoms with E-state index in [4.69, 9.17) is 0 Å². The van der Waals surface area contributed by atoms with Crippen LogP contribution in [-0.4, -0.2) is 5.78 Å². The van der Waals surface area contributed by atoms with Gasteiger partial charge in [-0.2, -0.15) is 0 Å². The van der Waals surface area contributed by atoms with Gasteiger partial charge in [0.05, 0.1) is 0 Å². The maximum Gasteiger partial charge on any atom is 0.194 e. The molecule has 1 nitrogen and oxygen atoms in total. The maximum absolute atomic E-state index is 13.1. The number of rotatable bonds is 2. The molecule has 3 aromatic rings. The highest BCUT2D eigenvalue weighted by molar-refractivity contribution is 14.1. The Morgan fingerprint density at radius 2 is 1.65 bits per heavy atom. The van der Waals surface area contributed by atoms with Crippen molar-refractivity contribution in [2.45, 2.75) is 0 Å². The van der Waals surface area contributed by atoms with Crippen LogP contribution in [0.3, 0.4) is 0 Å². The second-order valence-electron chi connectivity index (χ2n) is 4.52. The van der Waals surface area contributed by atoms with E-state index in [0.717, 1.165) is 10.8 Å². The summed E-state index contributed by atoms with van der Waals surface area (Å²) in [6.45, 7) is 0. The van der Waals surface area contributed by atoms with Crippen molar-refractivity contribution < 1.29 is 9.18 Å². The Kier molecular flexibility index (Phi) is 3.53. The summed E-state index contributed by atoms with van der Waals surface area (Å²) >= 11 is 1.99. The fourth-order valence-corrected chi connectivity index (χ4v) is 2.88. The molecular weight excluding hydrogens is 366 g/mol. The van der Waals surface area contributed by atoms with Crippen LogP contribution in [-0.2, 0) is 0 Å². The molecule has 0 bridgehead atoms. The highest BCUT2D eigenvalue weighted by Gasteiger charge is 2.13. The first kappa shape index (κ1) is 13.2. The Morgan fingerprint density at radius 3 is 2.40 bits per heavy atom. The van der Waals surface area contributed by atoms with E-state index in [1.165, 1.54) is 18.2 Å². The van der Waals surface area contributed by atoms with Gasteiger partial charge in [0.25, 0.3) is 0 Å². The quantitative estimate of drug-likeness (QED) is 0.463. The minimum absolute atomic E-state index is 0.0832. The third-order valence-corrected chi connectivity index (χ3v) is 4.08. The molecule has 20 heavy (non-hydrogen) atoms. The standard InChI is InChI=1S/C17H10FIO/c18-14-7-8-15(16(19)10-14)17(20)13-6-5-11-3-1-2-4-12(11)9-13/h1-10H. The molecule has 0 N–H and O–H groups in total. The number of carbonyl (C=O) groups excluding carboxylic acids is 1. The molecule has 0 aliphatic rings. The van der Waals surface area contributed by atoms with Gasteiger partial charge in [-0.15, -0.1) is 0 Å². The molecule has 0 radical (unpaired) electrons. The molecule has 0 aliphatic carbocycles. The molecule has 0 amide bonds. The van der Waals surface area contributed by atoms with Crippen molar-refractivity contribution in [1.29, 1.82) is 0 Å². The molecule has 0 heterocycles. The van der Waals surface area contributed by atoms with Crippen LogP contribution in [0, 0.1) is 9.39 Å². The Labute approximate surface area is 129 Å². The molecule has 3 rings (SSSR count). The van der Waals surface area contributed by atoms with Gasteiger partial charge in [0.15, 0.2) is 5.78 Å². The monoisotopic (exact) mass is 376 g/mol. The SMILES string of the molecule is O=C(c1ccc2ccccc2c1)c1ccc(F)cc1I. The molecule has 98 valence electrons. The average Bonchev–Trinajstić information content (AvgIpc) is 2.46. The van der Waals surface area contributed by atoms with Crippen LogP contribution < -0.4 is 0 Å². The molecule has 3 heteroatoms. The van der Waals surface area contributed by atoms with Crippen LogP contribution in [0.25, 0.3) is 10.8 Å². The smallest absolute Gasteiger partial charge is 0.194 e. The second kappa shape index (κ2) is 5.32. The summed E-state index contributed by atoms with van der Waals surface area (Å²) in [5.41, 5.74) is 1.15. The van der Waals surface area contributed by atoms with Crippen molar-refractivity contribution in [3.05, 3.63) is 81.2 Å². The van der Waals surface area contributed by atoms with E-state index in [-0.39, 0.29) is 11.6 Å². The lowest BCUT2D eigenvalue weighted by Gasteiger charge is -2.05. The van der Waals surface area contributed by atoms with Gasteiger partial charge in [0.2, 0.25) is 0 Å². The van der Waals surface area contributed by atoms with Crippen molar-refractivity contribution in [3.8, 4) is 0 Å². The van der Waals surface area contributed by atoms with E-state index < -0.39 is 0 Å². The zero-order chi connectivity index (χ0) is 14.1. The van der Waals surface area contributed by atoms with Crippen molar-refractivity contribution in [2.24, 2.45) is 0 Å². The number of halogens is 2. The van der Waals surface area contributed by atoms with Gasteiger partial charge < -0.3 is 0 Å². The number of hydrogen-bond donors (Lipinski definition) is 0. The molecule has 0 saturated heterocycles. The summed E-state index contributed by atoms with van der Waals surface area (Å²) in [6, 6.07) is 17.7. The lowest BCUT2D eigenvalue weighted by molar-refractivity contribution is 0.103. The fourth-order valence-electron chi connectivity index (χ4n) is 2.16. The number of fused-ring (bicyclic) bond motifs is 1. The highest BCUT2D eigenvalue weighted by atomic mass is 127. The summed E-state index contributed by atoms with van der Waals surface area (Å²) in [6.07, 6.45) is 0. The molecule has 0 unspecified atom stereocenters. The van der Waals surface area contributed by atoms with Gasteiger partial charge in [-0.05, 0) is 57.6 Å². The zero-order valence-electron chi connectivity index (χ0n) is 10.4. The second-order valence-corrected chi connectivity index (χ2v) is 5.68. The number of ketones is 1. The van der Waals surface area contributed by atoms with Crippen molar-refractivity contribution in [1.82, 2.24) is 0 Å². The summed E-state index contributed by atoms with van der Waals surface area (Å²) < 4.78 is 13.7. The number of hydrogen-bond acceptors (Lipinski definition) is 1. The molecule has 0 aliphatic heterocycles. The Morgan fingerprint density at radius 1 is 0.900 bits per heavy atom. The van der Waals surface area contributed by atoms with Crippen LogP contribution >= 0.6 is 22.6 Å². The van der Waals surface area contributed by atoms with E-state index in [0.29, 0.717) is 14.7 Å². The highest BCUT2D eigenvalue weighted by Crippen LogP contribution is 2.21. The first-order valence-electron chi connectivity index (χ1n) is 6.14. The predicted octanol–water partition coefficient (Wildman–Crippen LogP) is 4.81. The normalized spacial score (nSPS) is 10.7. The lowest BCUT2D eigenvalue weighted by Crippen LogP contribution is -2.04. The van der Waals surface area contributed by atoms with Gasteiger partial charge in [0.1, 0.15) is 5.82 Å². The predicted molar refractivity (Wildman–Crippen MR) is 86.5 cm³/mol. The van der Waals surface area contributed by atoms with Crippen LogP contribution in [0.2, 0.25) is 0 Å². The minimum atomic E-state index is -0.329. The molecule has 0 spiro atoms. The van der Waals surface area contributed by atoms with Gasteiger partial charge in [0, 0.05) is 14.7 Å². The first-order valence-corrected chi connectivity index (χ1v) is 7.21. The maximum atomic E-state index is 13.1. The Hall–Kier alpha value is -1.75. The zero-order valence-corrected chi connectivity index (χ0v) is 12.6. The van der Waals surface area contributed by atoms with Crippen LogP contribution in [0.5, 0.6) is 0 Å². The Bertz CT molecular complexity index is 811. The van der Waals surface area contributed by atoms with E-state index >= 15 is 0 Å². The summed E-state index contributed by atoms with van der Waals surface area (Å²) in [7, 11) is 0. The van der Waals surface area contributed by atoms with E-state index in [1.807, 2.05) is 65.1 Å². The van der Waals surface area contributed by atoms with Gasteiger partial charge in [-0.3, -0.25) is 4.79 Å². The molecule has 0 fully saturated rings. The van der Waals surface area contributed by atoms with E-state index in [1.54, 1.807) is 0 Å². The number of benzene rings is 3. The summed E-state index contributed by atoms with van der Waals surface area (Å²) in [5, 5.41) is 2.12. The largest absolute Gasteiger partial charge is 0.289 e. The topological polar surface area (TPSA) is 17.1 Å². The van der Waals surface area contributed by atoms with Crippen molar-refractivity contribution in [2.75, 3.05) is 0 Å². The fraction of sp³-hybridized carbons (Fsp3) is 0. The molecule has 0 aromatic heterocycles. The summed E-state index contributed by atoms with van der Waals surface area (Å²) in [5.74, 6) is -0.412. The molecular formula is C17H10FIO. The number of carbonyl (C=O) groups is 1. The third-order valence-electron chi connectivity index (χ3n) is 3.19. The Balaban J connectivity index is 2.08.